The lowest BCUT2D eigenvalue weighted by atomic mass is 10.2. The Morgan fingerprint density at radius 1 is 1.17 bits per heavy atom. The number of hydrogen-bond donors (Lipinski definition) is 1. The highest BCUT2D eigenvalue weighted by molar-refractivity contribution is 7.98. The molecule has 6 nitrogen and oxygen atoms in total. The van der Waals surface area contributed by atoms with Crippen molar-refractivity contribution in [3.05, 3.63) is 47.0 Å². The Morgan fingerprint density at radius 3 is 2.57 bits per heavy atom. The van der Waals surface area contributed by atoms with Gasteiger partial charge in [-0.1, -0.05) is 18.0 Å². The second-order valence-electron chi connectivity index (χ2n) is 6.86. The molecule has 1 fully saturated rings. The van der Waals surface area contributed by atoms with Crippen molar-refractivity contribution in [2.75, 3.05) is 31.3 Å². The molecule has 1 saturated heterocycles. The average molecular weight is 469 g/mol. The van der Waals surface area contributed by atoms with Gasteiger partial charge in [0.15, 0.2) is 0 Å². The molecule has 9 heteroatoms. The third kappa shape index (κ3) is 5.11. The molecule has 3 rings (SSSR count). The predicted octanol–water partition coefficient (Wildman–Crippen LogP) is 4.89. The van der Waals surface area contributed by atoms with Crippen molar-refractivity contribution < 1.29 is 17.9 Å². The second kappa shape index (κ2) is 10.0. The SMILES string of the molecule is CCOc1ccc(S(=O)(=O)N2CCCCC2)cc1NC(=O)c1cc(SC)ccc1Cl. The molecule has 0 unspecified atom stereocenters. The van der Waals surface area contributed by atoms with Crippen LogP contribution >= 0.6 is 23.4 Å². The summed E-state index contributed by atoms with van der Waals surface area (Å²) in [5, 5.41) is 3.10. The highest BCUT2D eigenvalue weighted by Crippen LogP contribution is 2.31. The van der Waals surface area contributed by atoms with Gasteiger partial charge in [0.05, 0.1) is 27.8 Å². The molecular weight excluding hydrogens is 444 g/mol. The summed E-state index contributed by atoms with van der Waals surface area (Å²) in [5.41, 5.74) is 0.612. The number of halogens is 1. The highest BCUT2D eigenvalue weighted by atomic mass is 35.5. The summed E-state index contributed by atoms with van der Waals surface area (Å²) in [6.45, 7) is 3.22. The maximum absolute atomic E-state index is 13.1. The van der Waals surface area contributed by atoms with Crippen molar-refractivity contribution in [1.29, 1.82) is 0 Å². The summed E-state index contributed by atoms with van der Waals surface area (Å²) in [5.74, 6) is -0.0232. The molecule has 0 atom stereocenters. The molecule has 0 aliphatic carbocycles. The zero-order chi connectivity index (χ0) is 21.7. The molecular formula is C21H25ClN2O4S2. The Hall–Kier alpha value is -1.74. The summed E-state index contributed by atoms with van der Waals surface area (Å²) in [6, 6.07) is 9.77. The summed E-state index contributed by atoms with van der Waals surface area (Å²) < 4.78 is 33.2. The average Bonchev–Trinajstić information content (AvgIpc) is 2.76. The number of thioether (sulfide) groups is 1. The topological polar surface area (TPSA) is 75.7 Å². The van der Waals surface area contributed by atoms with Crippen LogP contribution in [0.4, 0.5) is 5.69 Å². The molecule has 2 aromatic rings. The van der Waals surface area contributed by atoms with Gasteiger partial charge in [0.25, 0.3) is 5.91 Å². The van der Waals surface area contributed by atoms with Crippen LogP contribution in [0.15, 0.2) is 46.2 Å². The van der Waals surface area contributed by atoms with Gasteiger partial charge < -0.3 is 10.1 Å². The van der Waals surface area contributed by atoms with Gasteiger partial charge in [0.2, 0.25) is 10.0 Å². The quantitative estimate of drug-likeness (QED) is 0.585. The number of nitrogens with one attached hydrogen (secondary N) is 1. The van der Waals surface area contributed by atoms with Crippen LogP contribution in [0.1, 0.15) is 36.5 Å². The molecule has 0 spiro atoms. The number of rotatable bonds is 7. The standard InChI is InChI=1S/C21H25ClN2O4S2/c1-3-28-20-10-8-16(30(26,27)24-11-5-4-6-12-24)14-19(20)23-21(25)17-13-15(29-2)7-9-18(17)22/h7-10,13-14H,3-6,11-12H2,1-2H3,(H,23,25). The second-order valence-corrected chi connectivity index (χ2v) is 10.1. The van der Waals surface area contributed by atoms with Crippen LogP contribution in [0.2, 0.25) is 5.02 Å². The first-order valence-electron chi connectivity index (χ1n) is 9.78. The molecule has 0 radical (unpaired) electrons. The van der Waals surface area contributed by atoms with Crippen molar-refractivity contribution in [2.24, 2.45) is 0 Å². The maximum atomic E-state index is 13.1. The minimum absolute atomic E-state index is 0.132. The minimum atomic E-state index is -3.64. The number of carbonyl (C=O) groups excluding carboxylic acids is 1. The normalized spacial score (nSPS) is 15.0. The Kier molecular flexibility index (Phi) is 7.68. The highest BCUT2D eigenvalue weighted by Gasteiger charge is 2.27. The van der Waals surface area contributed by atoms with E-state index in [1.54, 1.807) is 18.2 Å². The molecule has 1 aliphatic heterocycles. The first-order chi connectivity index (χ1) is 14.4. The van der Waals surface area contributed by atoms with Gasteiger partial charge in [-0.15, -0.1) is 11.8 Å². The van der Waals surface area contributed by atoms with E-state index in [0.717, 1.165) is 24.2 Å². The summed E-state index contributed by atoms with van der Waals surface area (Å²) in [4.78, 5) is 13.9. The maximum Gasteiger partial charge on any atom is 0.257 e. The summed E-state index contributed by atoms with van der Waals surface area (Å²) >= 11 is 7.72. The van der Waals surface area contributed by atoms with E-state index in [0.29, 0.717) is 41.7 Å². The first kappa shape index (κ1) is 22.9. The van der Waals surface area contributed by atoms with Crippen LogP contribution in [0.5, 0.6) is 5.75 Å². The number of carbonyl (C=O) groups is 1. The van der Waals surface area contributed by atoms with Crippen molar-refractivity contribution in [1.82, 2.24) is 4.31 Å². The lowest BCUT2D eigenvalue weighted by Crippen LogP contribution is -2.35. The zero-order valence-corrected chi connectivity index (χ0v) is 19.4. The van der Waals surface area contributed by atoms with E-state index >= 15 is 0 Å². The van der Waals surface area contributed by atoms with Crippen LogP contribution in [0.25, 0.3) is 0 Å². The number of piperidine rings is 1. The van der Waals surface area contributed by atoms with E-state index in [1.165, 1.54) is 28.2 Å². The Labute approximate surface area is 187 Å². The van der Waals surface area contributed by atoms with Crippen molar-refractivity contribution in [3.63, 3.8) is 0 Å². The molecule has 30 heavy (non-hydrogen) atoms. The van der Waals surface area contributed by atoms with Crippen LogP contribution in [-0.4, -0.2) is 44.6 Å². The van der Waals surface area contributed by atoms with Gasteiger partial charge >= 0.3 is 0 Å². The fraction of sp³-hybridized carbons (Fsp3) is 0.381. The number of nitrogens with zero attached hydrogens (tertiary/aromatic N) is 1. The molecule has 162 valence electrons. The van der Waals surface area contributed by atoms with E-state index in [4.69, 9.17) is 16.3 Å². The van der Waals surface area contributed by atoms with Gasteiger partial charge in [-0.05, 0) is 62.4 Å². The number of ether oxygens (including phenoxy) is 1. The smallest absolute Gasteiger partial charge is 0.257 e. The molecule has 2 aromatic carbocycles. The van der Waals surface area contributed by atoms with Gasteiger partial charge in [0, 0.05) is 18.0 Å². The Morgan fingerprint density at radius 2 is 1.90 bits per heavy atom. The first-order valence-corrected chi connectivity index (χ1v) is 12.8. The van der Waals surface area contributed by atoms with Crippen molar-refractivity contribution in [3.8, 4) is 5.75 Å². The lowest BCUT2D eigenvalue weighted by molar-refractivity contribution is 0.102. The zero-order valence-electron chi connectivity index (χ0n) is 17.0. The van der Waals surface area contributed by atoms with E-state index in [1.807, 2.05) is 19.2 Å². The van der Waals surface area contributed by atoms with E-state index in [2.05, 4.69) is 5.32 Å². The monoisotopic (exact) mass is 468 g/mol. The van der Waals surface area contributed by atoms with Crippen LogP contribution in [0.3, 0.4) is 0 Å². The third-order valence-electron chi connectivity index (χ3n) is 4.87. The van der Waals surface area contributed by atoms with Gasteiger partial charge in [-0.2, -0.15) is 4.31 Å². The molecule has 1 amide bonds. The molecule has 0 saturated carbocycles. The summed E-state index contributed by atoms with van der Waals surface area (Å²) in [7, 11) is -3.64. The van der Waals surface area contributed by atoms with Crippen molar-refractivity contribution >= 4 is 45.0 Å². The Balaban J connectivity index is 1.94. The number of sulfonamides is 1. The van der Waals surface area contributed by atoms with E-state index in [9.17, 15) is 13.2 Å². The van der Waals surface area contributed by atoms with Crippen molar-refractivity contribution in [2.45, 2.75) is 36.0 Å². The fourth-order valence-corrected chi connectivity index (χ4v) is 5.48. The molecule has 1 heterocycles. The third-order valence-corrected chi connectivity index (χ3v) is 7.82. The summed E-state index contributed by atoms with van der Waals surface area (Å²) in [6.07, 6.45) is 4.65. The van der Waals surface area contributed by atoms with Crippen LogP contribution in [0, 0.1) is 0 Å². The molecule has 1 N–H and O–H groups in total. The number of amides is 1. The van der Waals surface area contributed by atoms with E-state index in [-0.39, 0.29) is 4.90 Å². The van der Waals surface area contributed by atoms with Gasteiger partial charge in [-0.25, -0.2) is 8.42 Å². The lowest BCUT2D eigenvalue weighted by Gasteiger charge is -2.26. The predicted molar refractivity (Wildman–Crippen MR) is 121 cm³/mol. The molecule has 0 aromatic heterocycles. The van der Waals surface area contributed by atoms with Gasteiger partial charge in [-0.3, -0.25) is 4.79 Å². The molecule has 0 bridgehead atoms. The largest absolute Gasteiger partial charge is 0.492 e. The Bertz CT molecular complexity index is 1020. The van der Waals surface area contributed by atoms with Crippen LogP contribution in [-0.2, 0) is 10.0 Å². The van der Waals surface area contributed by atoms with Gasteiger partial charge in [0.1, 0.15) is 5.75 Å². The van der Waals surface area contributed by atoms with E-state index < -0.39 is 15.9 Å². The minimum Gasteiger partial charge on any atom is -0.492 e. The number of hydrogen-bond acceptors (Lipinski definition) is 5. The van der Waals surface area contributed by atoms with Crippen LogP contribution < -0.4 is 10.1 Å². The number of anilines is 1. The fourth-order valence-electron chi connectivity index (χ4n) is 3.30. The molecule has 1 aliphatic rings. The number of benzene rings is 2.